The van der Waals surface area contributed by atoms with Crippen LogP contribution in [0.2, 0.25) is 0 Å². The summed E-state index contributed by atoms with van der Waals surface area (Å²) in [5, 5.41) is 21.0. The number of amides is 7. The molecule has 20 nitrogen and oxygen atoms in total. The van der Waals surface area contributed by atoms with Gasteiger partial charge in [0.1, 0.15) is 24.5 Å². The highest BCUT2D eigenvalue weighted by Gasteiger charge is 2.39. The highest BCUT2D eigenvalue weighted by Crippen LogP contribution is 2.44. The Morgan fingerprint density at radius 3 is 2.10 bits per heavy atom. The molecule has 1 saturated heterocycles. The third-order valence-electron chi connectivity index (χ3n) is 14.8. The third-order valence-corrected chi connectivity index (χ3v) is 16.6. The number of alkyl carbamates (subject to hydrolysis) is 1. The second-order valence-corrected chi connectivity index (χ2v) is 23.2. The van der Waals surface area contributed by atoms with Crippen LogP contribution < -0.4 is 32.7 Å². The Balaban J connectivity index is 0.850. The number of sulfonamides is 1. The van der Waals surface area contributed by atoms with Crippen LogP contribution in [0.1, 0.15) is 88.0 Å². The van der Waals surface area contributed by atoms with E-state index in [-0.39, 0.29) is 81.2 Å². The monoisotopic (exact) mass is 1140 g/mol. The van der Waals surface area contributed by atoms with Gasteiger partial charge in [-0.2, -0.15) is 4.31 Å². The van der Waals surface area contributed by atoms with Crippen molar-refractivity contribution < 1.29 is 47.0 Å². The van der Waals surface area contributed by atoms with Crippen molar-refractivity contribution in [2.45, 2.75) is 89.2 Å². The van der Waals surface area contributed by atoms with Crippen LogP contribution >= 0.6 is 0 Å². The van der Waals surface area contributed by atoms with E-state index in [1.54, 1.807) is 56.3 Å². The maximum absolute atomic E-state index is 14.0. The molecule has 0 unspecified atom stereocenters. The predicted octanol–water partition coefficient (Wildman–Crippen LogP) is 8.01. The zero-order valence-corrected chi connectivity index (χ0v) is 47.4. The molecule has 0 radical (unpaired) electrons. The molecular formula is C61H72N10O10S. The zero-order chi connectivity index (χ0) is 58.7. The number of fused-ring (bicyclic) bond motifs is 4. The fourth-order valence-corrected chi connectivity index (χ4v) is 12.2. The molecule has 1 fully saturated rings. The van der Waals surface area contributed by atoms with Crippen molar-refractivity contribution in [3.8, 4) is 22.3 Å². The molecule has 2 atom stereocenters. The van der Waals surface area contributed by atoms with E-state index in [1.165, 1.54) is 15.3 Å². The van der Waals surface area contributed by atoms with E-state index < -0.39 is 58.1 Å². The molecule has 0 bridgehead atoms. The molecule has 21 heteroatoms. The summed E-state index contributed by atoms with van der Waals surface area (Å²) in [4.78, 5) is 86.2. The van der Waals surface area contributed by atoms with E-state index in [1.807, 2.05) is 91.6 Å². The molecule has 5 aromatic rings. The van der Waals surface area contributed by atoms with Gasteiger partial charge < -0.3 is 52.4 Å². The Morgan fingerprint density at radius 1 is 0.805 bits per heavy atom. The van der Waals surface area contributed by atoms with Crippen LogP contribution in [-0.4, -0.2) is 127 Å². The van der Waals surface area contributed by atoms with Gasteiger partial charge in [-0.1, -0.05) is 113 Å². The van der Waals surface area contributed by atoms with Gasteiger partial charge in [0, 0.05) is 80.9 Å². The van der Waals surface area contributed by atoms with Crippen molar-refractivity contribution in [2.24, 2.45) is 28.3 Å². The van der Waals surface area contributed by atoms with Gasteiger partial charge >= 0.3 is 18.2 Å². The molecule has 8 rings (SSSR count). The van der Waals surface area contributed by atoms with Gasteiger partial charge in [0.2, 0.25) is 27.7 Å². The second kappa shape index (κ2) is 26.8. The number of benzene rings is 5. The number of rotatable bonds is 24. The normalized spacial score (nSPS) is 14.7. The number of nitrogens with zero attached hydrogens (tertiary/aromatic N) is 4. The Morgan fingerprint density at radius 2 is 1.46 bits per heavy atom. The van der Waals surface area contributed by atoms with Gasteiger partial charge in [-0.05, 0) is 107 Å². The largest absolute Gasteiger partial charge is 0.465 e. The molecule has 0 aromatic heterocycles. The van der Waals surface area contributed by atoms with E-state index in [0.29, 0.717) is 52.6 Å². The number of ether oxygens (including phenoxy) is 1. The van der Waals surface area contributed by atoms with Crippen molar-refractivity contribution in [3.63, 3.8) is 0 Å². The number of amidine groups is 1. The summed E-state index contributed by atoms with van der Waals surface area (Å²) in [7, 11) is -3.95. The van der Waals surface area contributed by atoms with Crippen molar-refractivity contribution in [3.05, 3.63) is 143 Å². The first-order valence-electron chi connectivity index (χ1n) is 27.7. The summed E-state index contributed by atoms with van der Waals surface area (Å²) >= 11 is 0. The van der Waals surface area contributed by atoms with Gasteiger partial charge in [-0.3, -0.25) is 14.4 Å². The number of aliphatic imine (C=N–C) groups is 1. The average molecular weight is 1140 g/mol. The maximum Gasteiger partial charge on any atom is 0.407 e. The zero-order valence-electron chi connectivity index (χ0n) is 46.6. The summed E-state index contributed by atoms with van der Waals surface area (Å²) < 4.78 is 35.0. The van der Waals surface area contributed by atoms with Crippen molar-refractivity contribution >= 4 is 69.2 Å². The first-order chi connectivity index (χ1) is 39.3. The summed E-state index contributed by atoms with van der Waals surface area (Å²) in [5.74, 6) is -1.85. The average Bonchev–Trinajstić information content (AvgIpc) is 3.68. The number of anilines is 1. The highest BCUT2D eigenvalue weighted by atomic mass is 32.2. The van der Waals surface area contributed by atoms with E-state index >= 15 is 0 Å². The number of nitrogens with one attached hydrogen (secondary N) is 4. The Kier molecular flexibility index (Phi) is 19.5. The standard InChI is InChI=1S/C61H72N10O10S/c1-5-27-69(28-6-2)58(74)44-29-43-23-22-42(31-53(43)66-54(62)32-44)41-13-11-14-46(30-41)82(79,80)71-35-40(36-71)34-70(61(77)78)33-39-20-24-45(25-21-39)65-56(72)52(19-12-26-64-59(63)75)67-57(73)55(38(3)4)68-60(76)81-37-51-49-17-9-7-15-47(49)48-16-8-10-18-50(48)51/h7-11,13-18,20-25,29-31,38,40,51-52,55H,5-6,12,19,26-28,32-37H2,1-4H3,(H2,62,66)(H,65,72)(H,67,73)(H,68,76)(H,77,78)(H3,63,64,75)/t52-,55-/m0/s1. The number of hydrogen-bond donors (Lipinski definition) is 7. The lowest BCUT2D eigenvalue weighted by atomic mass is 9.98. The molecule has 9 N–H and O–H groups in total. The van der Waals surface area contributed by atoms with Crippen molar-refractivity contribution in [1.29, 1.82) is 0 Å². The van der Waals surface area contributed by atoms with Crippen LogP contribution in [0.3, 0.4) is 0 Å². The Hall–Kier alpha value is -8.56. The topological polar surface area (TPSA) is 288 Å². The molecule has 3 aliphatic rings. The molecule has 7 amide bonds. The predicted molar refractivity (Wildman–Crippen MR) is 314 cm³/mol. The molecule has 0 saturated carbocycles. The number of primary amides is 1. The third kappa shape index (κ3) is 14.5. The van der Waals surface area contributed by atoms with Gasteiger partial charge in [0.15, 0.2) is 0 Å². The summed E-state index contributed by atoms with van der Waals surface area (Å²) in [6.45, 7) is 9.27. The van der Waals surface area contributed by atoms with E-state index in [9.17, 15) is 42.3 Å². The Labute approximate surface area is 478 Å². The van der Waals surface area contributed by atoms with Crippen LogP contribution in [-0.2, 0) is 35.7 Å². The number of hydrogen-bond acceptors (Lipinski definition) is 11. The van der Waals surface area contributed by atoms with Crippen molar-refractivity contribution in [2.75, 3.05) is 51.2 Å². The SMILES string of the molecule is CCCN(CCC)C(=O)C1=Cc2ccc(-c3cccc(S(=O)(=O)N4CC(CN(Cc5ccc(NC(=O)[C@H](CCCNC(N)=O)NC(=O)[C@@H](NC(=O)OCC6c7ccccc7-c7ccccc76)C(C)C)cc5)C(=O)O)C4)c3)cc2N=C(N)C1. The summed E-state index contributed by atoms with van der Waals surface area (Å²) in [5.41, 5.74) is 20.0. The molecule has 2 heterocycles. The fraction of sp³-hybridized carbons (Fsp3) is 0.361. The molecule has 82 heavy (non-hydrogen) atoms. The molecule has 2 aliphatic heterocycles. The van der Waals surface area contributed by atoms with Gasteiger partial charge in [0.05, 0.1) is 10.6 Å². The van der Waals surface area contributed by atoms with Gasteiger partial charge in [0.25, 0.3) is 0 Å². The van der Waals surface area contributed by atoms with E-state index in [0.717, 1.165) is 40.7 Å². The van der Waals surface area contributed by atoms with Crippen LogP contribution in [0.4, 0.5) is 25.8 Å². The lowest BCUT2D eigenvalue weighted by Crippen LogP contribution is -2.54. The van der Waals surface area contributed by atoms with Gasteiger partial charge in [-0.15, -0.1) is 0 Å². The summed E-state index contributed by atoms with van der Waals surface area (Å²) in [6, 6.07) is 31.6. The number of carbonyl (C=O) groups is 6. The number of carbonyl (C=O) groups excluding carboxylic acids is 5. The highest BCUT2D eigenvalue weighted by molar-refractivity contribution is 7.89. The molecule has 1 aliphatic carbocycles. The second-order valence-electron chi connectivity index (χ2n) is 21.3. The lowest BCUT2D eigenvalue weighted by molar-refractivity contribution is -0.128. The maximum atomic E-state index is 14.0. The minimum atomic E-state index is -3.95. The Bertz CT molecular complexity index is 3310. The van der Waals surface area contributed by atoms with Crippen LogP contribution in [0.25, 0.3) is 28.3 Å². The minimum absolute atomic E-state index is 0.0201. The minimum Gasteiger partial charge on any atom is -0.465 e. The number of nitrogens with two attached hydrogens (primary N) is 2. The fourth-order valence-electron chi connectivity index (χ4n) is 10.6. The van der Waals surface area contributed by atoms with E-state index in [2.05, 4.69) is 26.3 Å². The van der Waals surface area contributed by atoms with E-state index in [4.69, 9.17) is 16.2 Å². The van der Waals surface area contributed by atoms with Crippen LogP contribution in [0.5, 0.6) is 0 Å². The molecular weight excluding hydrogens is 1060 g/mol. The van der Waals surface area contributed by atoms with Crippen LogP contribution in [0.15, 0.2) is 131 Å². The lowest BCUT2D eigenvalue weighted by Gasteiger charge is -2.40. The first-order valence-corrected chi connectivity index (χ1v) is 29.2. The van der Waals surface area contributed by atoms with Crippen molar-refractivity contribution in [1.82, 2.24) is 30.1 Å². The molecule has 0 spiro atoms. The molecule has 432 valence electrons. The van der Waals surface area contributed by atoms with Crippen LogP contribution in [0, 0.1) is 11.8 Å². The molecule has 5 aromatic carbocycles. The first kappa shape index (κ1) is 59.6. The quantitative estimate of drug-likeness (QED) is 0.0290. The number of urea groups is 1. The van der Waals surface area contributed by atoms with Gasteiger partial charge in [-0.25, -0.2) is 27.8 Å². The smallest absolute Gasteiger partial charge is 0.407 e. The summed E-state index contributed by atoms with van der Waals surface area (Å²) in [6.07, 6.45) is 2.07. The number of carboxylic acid groups (broad SMARTS) is 1.